The van der Waals surface area contributed by atoms with Gasteiger partial charge in [-0.1, -0.05) is 19.8 Å². The van der Waals surface area contributed by atoms with E-state index in [1.165, 1.54) is 0 Å². The fourth-order valence-corrected chi connectivity index (χ4v) is 1.03. The Kier molecular flexibility index (Phi) is 5.40. The Morgan fingerprint density at radius 1 is 1.21 bits per heavy atom. The summed E-state index contributed by atoms with van der Waals surface area (Å²) in [4.78, 5) is 13.9. The number of hydrogen-bond donors (Lipinski definition) is 1. The molecule has 0 bridgehead atoms. The largest absolute Gasteiger partial charge is 0.315 e. The lowest BCUT2D eigenvalue weighted by Crippen LogP contribution is -2.11. The number of aromatic nitrogens is 1. The van der Waals surface area contributed by atoms with E-state index in [1.54, 1.807) is 13.8 Å². The minimum atomic E-state index is -0.0571. The van der Waals surface area contributed by atoms with Gasteiger partial charge in [0, 0.05) is 5.56 Å². The fraction of sp³-hybridized carbons (Fsp3) is 0.417. The molecule has 0 amide bonds. The lowest BCUT2D eigenvalue weighted by Gasteiger charge is -1.98. The van der Waals surface area contributed by atoms with Crippen molar-refractivity contribution < 1.29 is 0 Å². The van der Waals surface area contributed by atoms with Crippen LogP contribution in [0.15, 0.2) is 10.9 Å². The highest BCUT2D eigenvalue weighted by Crippen LogP contribution is 2.01. The van der Waals surface area contributed by atoms with Gasteiger partial charge in [-0.2, -0.15) is 0 Å². The van der Waals surface area contributed by atoms with Gasteiger partial charge in [0.05, 0.1) is 5.69 Å². The van der Waals surface area contributed by atoms with Crippen LogP contribution >= 0.6 is 0 Å². The second-order valence-corrected chi connectivity index (χ2v) is 2.71. The first kappa shape index (κ1) is 12.5. The monoisotopic (exact) mass is 191 g/mol. The van der Waals surface area contributed by atoms with Gasteiger partial charge in [-0.05, 0) is 38.3 Å². The summed E-state index contributed by atoms with van der Waals surface area (Å²) >= 11 is 0. The van der Waals surface area contributed by atoms with Gasteiger partial charge < -0.3 is 4.98 Å². The van der Waals surface area contributed by atoms with Crippen molar-refractivity contribution in [3.63, 3.8) is 0 Å². The van der Waals surface area contributed by atoms with Crippen LogP contribution in [0.5, 0.6) is 0 Å². The molecule has 0 saturated heterocycles. The zero-order chi connectivity index (χ0) is 11.1. The maximum atomic E-state index is 11.1. The van der Waals surface area contributed by atoms with Crippen LogP contribution in [-0.2, 0) is 0 Å². The van der Waals surface area contributed by atoms with Gasteiger partial charge >= 0.3 is 0 Å². The van der Waals surface area contributed by atoms with Gasteiger partial charge in [-0.3, -0.25) is 4.79 Å². The van der Waals surface area contributed by atoms with E-state index in [1.807, 2.05) is 26.8 Å². The van der Waals surface area contributed by atoms with E-state index in [-0.39, 0.29) is 5.56 Å². The summed E-state index contributed by atoms with van der Waals surface area (Å²) in [7, 11) is 0. The van der Waals surface area contributed by atoms with Gasteiger partial charge in [0.25, 0.3) is 5.56 Å². The molecular weight excluding hydrogens is 174 g/mol. The molecule has 0 aliphatic heterocycles. The van der Waals surface area contributed by atoms with Crippen molar-refractivity contribution >= 4 is 0 Å². The first-order chi connectivity index (χ1) is 6.65. The highest BCUT2D eigenvalue weighted by molar-refractivity contribution is 5.35. The number of H-pyrrole nitrogens is 1. The summed E-state index contributed by atoms with van der Waals surface area (Å²) in [6, 6.07) is 1.85. The Hall–Kier alpha value is -1.49. The summed E-state index contributed by atoms with van der Waals surface area (Å²) in [6.45, 7) is 9.47. The van der Waals surface area contributed by atoms with E-state index < -0.39 is 0 Å². The quantitative estimate of drug-likeness (QED) is 0.627. The molecule has 0 spiro atoms. The molecular formula is C12H17NO. The summed E-state index contributed by atoms with van der Waals surface area (Å²) in [5.74, 6) is 5.59. The van der Waals surface area contributed by atoms with Crippen LogP contribution < -0.4 is 5.56 Å². The summed E-state index contributed by atoms with van der Waals surface area (Å²) in [5, 5.41) is 0. The number of aromatic amines is 1. The number of pyridine rings is 1. The number of rotatable bonds is 0. The van der Waals surface area contributed by atoms with Gasteiger partial charge in [0.1, 0.15) is 0 Å². The lowest BCUT2D eigenvalue weighted by atomic mass is 10.1. The van der Waals surface area contributed by atoms with Crippen molar-refractivity contribution in [2.24, 2.45) is 0 Å². The van der Waals surface area contributed by atoms with Crippen LogP contribution in [0.3, 0.4) is 0 Å². The predicted molar refractivity (Wildman–Crippen MR) is 60.4 cm³/mol. The molecule has 1 rings (SSSR count). The number of hydrogen-bond acceptors (Lipinski definition) is 1. The van der Waals surface area contributed by atoms with Gasteiger partial charge in [-0.25, -0.2) is 0 Å². The van der Waals surface area contributed by atoms with Crippen molar-refractivity contribution in [1.29, 1.82) is 0 Å². The number of aryl methyl sites for hydroxylation is 2. The van der Waals surface area contributed by atoms with Crippen molar-refractivity contribution in [2.75, 3.05) is 0 Å². The van der Waals surface area contributed by atoms with Crippen molar-refractivity contribution in [1.82, 2.24) is 4.98 Å². The van der Waals surface area contributed by atoms with Crippen LogP contribution in [0.2, 0.25) is 0 Å². The first-order valence-electron chi connectivity index (χ1n) is 4.78. The molecule has 1 aromatic rings. The molecule has 0 aliphatic rings. The Bertz CT molecular complexity index is 405. The minimum Gasteiger partial charge on any atom is -0.315 e. The average Bonchev–Trinajstić information content (AvgIpc) is 2.18. The molecule has 0 fully saturated rings. The molecule has 14 heavy (non-hydrogen) atoms. The molecule has 0 saturated carbocycles. The molecule has 0 radical (unpaired) electrons. The summed E-state index contributed by atoms with van der Waals surface area (Å²) in [5.41, 5.74) is 2.40. The third-order valence-corrected chi connectivity index (χ3v) is 1.67. The van der Waals surface area contributed by atoms with E-state index >= 15 is 0 Å². The van der Waals surface area contributed by atoms with Gasteiger partial charge in [-0.15, -0.1) is 0 Å². The van der Waals surface area contributed by atoms with Crippen LogP contribution in [0.25, 0.3) is 0 Å². The molecule has 0 atom stereocenters. The topological polar surface area (TPSA) is 32.9 Å². The molecule has 1 N–H and O–H groups in total. The van der Waals surface area contributed by atoms with Crippen LogP contribution in [0.4, 0.5) is 0 Å². The maximum Gasteiger partial charge on any atom is 0.251 e. The molecule has 0 unspecified atom stereocenters. The Labute approximate surface area is 85.4 Å². The first-order valence-corrected chi connectivity index (χ1v) is 4.78. The Balaban J connectivity index is 0.000000791. The molecule has 1 aromatic heterocycles. The van der Waals surface area contributed by atoms with Crippen LogP contribution in [0, 0.1) is 25.7 Å². The molecule has 2 heteroatoms. The highest BCUT2D eigenvalue weighted by Gasteiger charge is 1.98. The standard InChI is InChI=1S/C10H11NO.C2H6/c1-4-5-9-7(2)6-8(3)10(12)11-9;1-2/h6H,1-3H3,(H,11,12);1-2H3. The molecule has 0 aliphatic carbocycles. The number of nitrogens with one attached hydrogen (secondary N) is 1. The summed E-state index contributed by atoms with van der Waals surface area (Å²) in [6.07, 6.45) is 0. The second kappa shape index (κ2) is 6.04. The van der Waals surface area contributed by atoms with Crippen molar-refractivity contribution in [2.45, 2.75) is 34.6 Å². The third-order valence-electron chi connectivity index (χ3n) is 1.67. The third kappa shape index (κ3) is 3.10. The van der Waals surface area contributed by atoms with Gasteiger partial charge in [0.2, 0.25) is 0 Å². The van der Waals surface area contributed by atoms with E-state index in [2.05, 4.69) is 16.8 Å². The van der Waals surface area contributed by atoms with E-state index in [4.69, 9.17) is 0 Å². The molecule has 0 aromatic carbocycles. The van der Waals surface area contributed by atoms with Crippen LogP contribution in [0.1, 0.15) is 37.6 Å². The normalized spacial score (nSPS) is 8.07. The molecule has 76 valence electrons. The van der Waals surface area contributed by atoms with Crippen LogP contribution in [-0.4, -0.2) is 4.98 Å². The lowest BCUT2D eigenvalue weighted by molar-refractivity contribution is 1.12. The maximum absolute atomic E-state index is 11.1. The minimum absolute atomic E-state index is 0.0571. The SMILES string of the molecule is CC.CC#Cc1[nH]c(=O)c(C)cc1C. The second-order valence-electron chi connectivity index (χ2n) is 2.71. The van der Waals surface area contributed by atoms with Gasteiger partial charge in [0.15, 0.2) is 0 Å². The van der Waals surface area contributed by atoms with E-state index in [9.17, 15) is 4.79 Å². The molecule has 1 heterocycles. The zero-order valence-electron chi connectivity index (χ0n) is 9.49. The van der Waals surface area contributed by atoms with Crippen molar-refractivity contribution in [3.05, 3.63) is 33.2 Å². The smallest absolute Gasteiger partial charge is 0.251 e. The highest BCUT2D eigenvalue weighted by atomic mass is 16.1. The molecule has 2 nitrogen and oxygen atoms in total. The zero-order valence-corrected chi connectivity index (χ0v) is 9.49. The van der Waals surface area contributed by atoms with E-state index in [0.717, 1.165) is 11.1 Å². The summed E-state index contributed by atoms with van der Waals surface area (Å²) < 4.78 is 0. The predicted octanol–water partition coefficient (Wildman–Crippen LogP) is 2.39. The average molecular weight is 191 g/mol. The Morgan fingerprint density at radius 3 is 2.29 bits per heavy atom. The fourth-order valence-electron chi connectivity index (χ4n) is 1.03. The van der Waals surface area contributed by atoms with E-state index in [0.29, 0.717) is 5.69 Å². The van der Waals surface area contributed by atoms with Crippen molar-refractivity contribution in [3.8, 4) is 11.8 Å². The Morgan fingerprint density at radius 2 is 1.79 bits per heavy atom.